The Hall–Kier alpha value is -3.33. The maximum absolute atomic E-state index is 12.3. The number of amides is 2. The molecule has 0 saturated carbocycles. The molecular weight excluding hydrogens is 428 g/mol. The summed E-state index contributed by atoms with van der Waals surface area (Å²) in [7, 11) is 3.03. The molecule has 1 saturated heterocycles. The summed E-state index contributed by atoms with van der Waals surface area (Å²) >= 11 is 1.71. The number of methoxy groups -OCH3 is 2. The topological polar surface area (TPSA) is 92.8 Å². The summed E-state index contributed by atoms with van der Waals surface area (Å²) < 4.78 is 11.6. The minimum Gasteiger partial charge on any atom is -0.497 e. The summed E-state index contributed by atoms with van der Waals surface area (Å²) in [4.78, 5) is 31.7. The molecule has 8 nitrogen and oxygen atoms in total. The minimum atomic E-state index is -0.733. The highest BCUT2D eigenvalue weighted by molar-refractivity contribution is 7.22. The Labute approximate surface area is 190 Å². The van der Waals surface area contributed by atoms with Gasteiger partial charge in [-0.3, -0.25) is 9.59 Å². The highest BCUT2D eigenvalue weighted by Gasteiger charge is 2.23. The van der Waals surface area contributed by atoms with Crippen LogP contribution in [0.4, 0.5) is 10.8 Å². The van der Waals surface area contributed by atoms with E-state index >= 15 is 0 Å². The number of carbonyl (C=O) groups excluding carboxylic acids is 2. The monoisotopic (exact) mass is 454 g/mol. The summed E-state index contributed by atoms with van der Waals surface area (Å²) in [6.45, 7) is 2.23. The number of nitrogens with one attached hydrogen (secondary N) is 2. The smallest absolute Gasteiger partial charge is 0.313 e. The highest BCUT2D eigenvalue weighted by atomic mass is 32.1. The lowest BCUT2D eigenvalue weighted by molar-refractivity contribution is -0.136. The first-order chi connectivity index (χ1) is 15.6. The van der Waals surface area contributed by atoms with E-state index in [1.807, 2.05) is 18.2 Å². The van der Waals surface area contributed by atoms with Gasteiger partial charge in [-0.1, -0.05) is 23.5 Å². The predicted molar refractivity (Wildman–Crippen MR) is 126 cm³/mol. The Balaban J connectivity index is 1.26. The molecule has 0 radical (unpaired) electrons. The molecule has 0 spiro atoms. The molecule has 1 aromatic heterocycles. The Morgan fingerprint density at radius 1 is 1.09 bits per heavy atom. The fourth-order valence-electron chi connectivity index (χ4n) is 3.73. The number of hydrogen-bond donors (Lipinski definition) is 2. The van der Waals surface area contributed by atoms with Crippen LogP contribution in [0.25, 0.3) is 10.2 Å². The third-order valence-corrected chi connectivity index (χ3v) is 6.68. The fraction of sp³-hybridized carbons (Fsp3) is 0.348. The molecule has 2 amide bonds. The predicted octanol–water partition coefficient (Wildman–Crippen LogP) is 3.28. The normalized spacial score (nSPS) is 14.2. The molecule has 32 heavy (non-hydrogen) atoms. The molecule has 1 aliphatic rings. The van der Waals surface area contributed by atoms with Gasteiger partial charge < -0.3 is 25.0 Å². The van der Waals surface area contributed by atoms with Crippen LogP contribution < -0.4 is 25.0 Å². The third kappa shape index (κ3) is 4.94. The Kier molecular flexibility index (Phi) is 6.75. The number of thiazole rings is 1. The molecule has 0 unspecified atom stereocenters. The second kappa shape index (κ2) is 9.86. The average Bonchev–Trinajstić information content (AvgIpc) is 3.27. The number of nitrogens with zero attached hydrogens (tertiary/aromatic N) is 2. The second-order valence-electron chi connectivity index (χ2n) is 7.62. The molecule has 168 valence electrons. The molecule has 1 aliphatic heterocycles. The van der Waals surface area contributed by atoms with Gasteiger partial charge in [0.1, 0.15) is 11.5 Å². The molecule has 2 N–H and O–H groups in total. The summed E-state index contributed by atoms with van der Waals surface area (Å²) in [5.74, 6) is -0.0637. The molecule has 0 atom stereocenters. The van der Waals surface area contributed by atoms with E-state index in [-0.39, 0.29) is 0 Å². The molecule has 4 rings (SSSR count). The van der Waals surface area contributed by atoms with Crippen molar-refractivity contribution in [2.24, 2.45) is 5.92 Å². The Morgan fingerprint density at radius 2 is 1.88 bits per heavy atom. The van der Waals surface area contributed by atoms with E-state index in [1.165, 1.54) is 18.9 Å². The van der Waals surface area contributed by atoms with Gasteiger partial charge in [-0.25, -0.2) is 4.98 Å². The van der Waals surface area contributed by atoms with Crippen molar-refractivity contribution in [3.05, 3.63) is 42.5 Å². The number of hydrogen-bond acceptors (Lipinski definition) is 7. The molecule has 2 aromatic carbocycles. The van der Waals surface area contributed by atoms with Crippen molar-refractivity contribution in [3.63, 3.8) is 0 Å². The van der Waals surface area contributed by atoms with E-state index in [0.29, 0.717) is 29.6 Å². The lowest BCUT2D eigenvalue weighted by atomic mass is 9.97. The van der Waals surface area contributed by atoms with Crippen LogP contribution in [0.5, 0.6) is 11.5 Å². The number of carbonyl (C=O) groups is 2. The van der Waals surface area contributed by atoms with Gasteiger partial charge >= 0.3 is 11.8 Å². The number of fused-ring (bicyclic) bond motifs is 1. The van der Waals surface area contributed by atoms with Gasteiger partial charge in [0.15, 0.2) is 5.13 Å². The number of anilines is 2. The van der Waals surface area contributed by atoms with E-state index in [2.05, 4.69) is 21.6 Å². The number of aromatic nitrogens is 1. The van der Waals surface area contributed by atoms with Gasteiger partial charge in [-0.2, -0.15) is 0 Å². The summed E-state index contributed by atoms with van der Waals surface area (Å²) in [5, 5.41) is 6.40. The molecule has 9 heteroatoms. The largest absolute Gasteiger partial charge is 0.497 e. The van der Waals surface area contributed by atoms with Gasteiger partial charge in [-0.05, 0) is 43.0 Å². The van der Waals surface area contributed by atoms with E-state index in [0.717, 1.165) is 36.6 Å². The van der Waals surface area contributed by atoms with Crippen LogP contribution in [0, 0.1) is 5.92 Å². The van der Waals surface area contributed by atoms with Crippen molar-refractivity contribution < 1.29 is 19.1 Å². The minimum absolute atomic E-state index is 0.323. The lowest BCUT2D eigenvalue weighted by Gasteiger charge is -2.31. The van der Waals surface area contributed by atoms with Crippen LogP contribution in [0.3, 0.4) is 0 Å². The van der Waals surface area contributed by atoms with Gasteiger partial charge in [0.05, 0.1) is 30.1 Å². The number of rotatable bonds is 6. The third-order valence-electron chi connectivity index (χ3n) is 5.58. The van der Waals surface area contributed by atoms with Crippen molar-refractivity contribution in [1.82, 2.24) is 10.3 Å². The lowest BCUT2D eigenvalue weighted by Crippen LogP contribution is -2.41. The van der Waals surface area contributed by atoms with Crippen molar-refractivity contribution in [3.8, 4) is 11.5 Å². The van der Waals surface area contributed by atoms with Crippen molar-refractivity contribution >= 4 is 44.2 Å². The summed E-state index contributed by atoms with van der Waals surface area (Å²) in [6, 6.07) is 13.2. The van der Waals surface area contributed by atoms with Crippen LogP contribution in [-0.4, -0.2) is 50.7 Å². The van der Waals surface area contributed by atoms with E-state index in [4.69, 9.17) is 14.5 Å². The SMILES string of the molecule is COc1ccc(OC)c(NC(=O)C(=O)NCC2CCN(c3nc4ccccc4s3)CC2)c1. The first-order valence-electron chi connectivity index (χ1n) is 10.5. The molecule has 0 bridgehead atoms. The average molecular weight is 455 g/mol. The first-order valence-corrected chi connectivity index (χ1v) is 11.3. The standard InChI is InChI=1S/C23H26N4O4S/c1-30-16-7-8-19(31-2)18(13-16)25-22(29)21(28)24-14-15-9-11-27(12-10-15)23-26-17-5-3-4-6-20(17)32-23/h3-8,13,15H,9-12,14H2,1-2H3,(H,24,28)(H,25,29). The molecule has 3 aromatic rings. The Bertz CT molecular complexity index is 1080. The molecule has 1 fully saturated rings. The number of ether oxygens (including phenoxy) is 2. The fourth-order valence-corrected chi connectivity index (χ4v) is 4.75. The van der Waals surface area contributed by atoms with Crippen LogP contribution in [0.1, 0.15) is 12.8 Å². The van der Waals surface area contributed by atoms with Crippen LogP contribution in [0.2, 0.25) is 0 Å². The zero-order valence-corrected chi connectivity index (χ0v) is 18.9. The van der Waals surface area contributed by atoms with Gasteiger partial charge in [-0.15, -0.1) is 0 Å². The van der Waals surface area contributed by atoms with Crippen LogP contribution >= 0.6 is 11.3 Å². The van der Waals surface area contributed by atoms with E-state index in [9.17, 15) is 9.59 Å². The molecule has 0 aliphatic carbocycles. The van der Waals surface area contributed by atoms with Crippen molar-refractivity contribution in [1.29, 1.82) is 0 Å². The van der Waals surface area contributed by atoms with Gasteiger partial charge in [0.2, 0.25) is 0 Å². The maximum Gasteiger partial charge on any atom is 0.313 e. The zero-order chi connectivity index (χ0) is 22.5. The first kappa shape index (κ1) is 21.9. The van der Waals surface area contributed by atoms with E-state index < -0.39 is 11.8 Å². The molecule has 2 heterocycles. The van der Waals surface area contributed by atoms with Crippen molar-refractivity contribution in [2.45, 2.75) is 12.8 Å². The van der Waals surface area contributed by atoms with Crippen molar-refractivity contribution in [2.75, 3.05) is 44.1 Å². The quantitative estimate of drug-likeness (QED) is 0.556. The molecular formula is C23H26N4O4S. The summed E-state index contributed by atoms with van der Waals surface area (Å²) in [5.41, 5.74) is 1.41. The second-order valence-corrected chi connectivity index (χ2v) is 8.63. The highest BCUT2D eigenvalue weighted by Crippen LogP contribution is 2.31. The van der Waals surface area contributed by atoms with Crippen LogP contribution in [0.15, 0.2) is 42.5 Å². The summed E-state index contributed by atoms with van der Waals surface area (Å²) in [6.07, 6.45) is 1.86. The number of benzene rings is 2. The van der Waals surface area contributed by atoms with Gasteiger partial charge in [0, 0.05) is 25.7 Å². The zero-order valence-electron chi connectivity index (χ0n) is 18.1. The Morgan fingerprint density at radius 3 is 2.59 bits per heavy atom. The van der Waals surface area contributed by atoms with E-state index in [1.54, 1.807) is 29.5 Å². The number of para-hydroxylation sites is 1. The van der Waals surface area contributed by atoms with Gasteiger partial charge in [0.25, 0.3) is 0 Å². The maximum atomic E-state index is 12.3. The number of piperidine rings is 1. The van der Waals surface area contributed by atoms with Crippen LogP contribution in [-0.2, 0) is 9.59 Å².